The van der Waals surface area contributed by atoms with Gasteiger partial charge in [-0.25, -0.2) is 0 Å². The fraction of sp³-hybridized carbons (Fsp3) is 0. The van der Waals surface area contributed by atoms with Crippen molar-refractivity contribution in [2.24, 2.45) is 0 Å². The van der Waals surface area contributed by atoms with Gasteiger partial charge in [-0.2, -0.15) is 0 Å². The third-order valence-electron chi connectivity index (χ3n) is 2.91. The van der Waals surface area contributed by atoms with Gasteiger partial charge in [0.25, 0.3) is 5.91 Å². The van der Waals surface area contributed by atoms with Crippen LogP contribution in [-0.4, -0.2) is 11.1 Å². The molecular formula is C16H12N2O2. The Balaban J connectivity index is 1.76. The molecule has 0 aliphatic rings. The molecule has 1 heterocycles. The third-order valence-corrected chi connectivity index (χ3v) is 2.91. The van der Waals surface area contributed by atoms with E-state index in [0.717, 1.165) is 16.9 Å². The lowest BCUT2D eigenvalue weighted by Gasteiger charge is -2.05. The molecule has 1 amide bonds. The van der Waals surface area contributed by atoms with E-state index in [1.165, 1.54) is 6.26 Å². The van der Waals surface area contributed by atoms with Crippen LogP contribution in [0.4, 0.5) is 5.69 Å². The van der Waals surface area contributed by atoms with Crippen molar-refractivity contribution in [2.45, 2.75) is 0 Å². The molecule has 3 aromatic rings. The smallest absolute Gasteiger partial charge is 0.255 e. The summed E-state index contributed by atoms with van der Waals surface area (Å²) < 4.78 is 4.80. The number of aromatic nitrogens is 1. The van der Waals surface area contributed by atoms with Crippen LogP contribution in [0, 0.1) is 0 Å². The molecular weight excluding hydrogens is 252 g/mol. The van der Waals surface area contributed by atoms with Crippen LogP contribution in [0.1, 0.15) is 10.4 Å². The maximum atomic E-state index is 12.1. The summed E-state index contributed by atoms with van der Waals surface area (Å²) >= 11 is 0. The summed E-state index contributed by atoms with van der Waals surface area (Å²) in [6, 6.07) is 18.4. The van der Waals surface area contributed by atoms with Crippen LogP contribution in [0.15, 0.2) is 71.4 Å². The molecule has 20 heavy (non-hydrogen) atoms. The number of benzene rings is 2. The van der Waals surface area contributed by atoms with Gasteiger partial charge in [0.15, 0.2) is 0 Å². The highest BCUT2D eigenvalue weighted by Crippen LogP contribution is 2.18. The van der Waals surface area contributed by atoms with Gasteiger partial charge in [-0.05, 0) is 24.3 Å². The largest absolute Gasteiger partial charge is 0.364 e. The number of carbonyl (C=O) groups is 1. The summed E-state index contributed by atoms with van der Waals surface area (Å²) in [6.07, 6.45) is 1.52. The normalized spacial score (nSPS) is 10.2. The molecule has 0 aliphatic carbocycles. The Labute approximate surface area is 116 Å². The molecule has 1 aromatic heterocycles. The highest BCUT2D eigenvalue weighted by Gasteiger charge is 2.07. The van der Waals surface area contributed by atoms with Gasteiger partial charge in [0, 0.05) is 22.9 Å². The summed E-state index contributed by atoms with van der Waals surface area (Å²) in [5.41, 5.74) is 3.04. The fourth-order valence-corrected chi connectivity index (χ4v) is 1.88. The number of nitrogens with zero attached hydrogens (tertiary/aromatic N) is 1. The highest BCUT2D eigenvalue weighted by atomic mass is 16.5. The fourth-order valence-electron chi connectivity index (χ4n) is 1.88. The minimum absolute atomic E-state index is 0.136. The van der Waals surface area contributed by atoms with Crippen LogP contribution in [0.5, 0.6) is 0 Å². The third kappa shape index (κ3) is 2.59. The van der Waals surface area contributed by atoms with E-state index >= 15 is 0 Å². The van der Waals surface area contributed by atoms with Crippen LogP contribution in [0.25, 0.3) is 11.3 Å². The first-order chi connectivity index (χ1) is 9.83. The quantitative estimate of drug-likeness (QED) is 0.786. The molecule has 2 aromatic carbocycles. The topological polar surface area (TPSA) is 55.1 Å². The van der Waals surface area contributed by atoms with Gasteiger partial charge >= 0.3 is 0 Å². The number of para-hydroxylation sites is 1. The maximum absolute atomic E-state index is 12.1. The van der Waals surface area contributed by atoms with Crippen LogP contribution < -0.4 is 5.32 Å². The Hall–Kier alpha value is -2.88. The second kappa shape index (κ2) is 5.40. The van der Waals surface area contributed by atoms with Gasteiger partial charge in [-0.3, -0.25) is 4.79 Å². The molecule has 0 radical (unpaired) electrons. The summed E-state index contributed by atoms with van der Waals surface area (Å²) in [5.74, 6) is -0.136. The molecule has 0 fully saturated rings. The number of amides is 1. The zero-order valence-electron chi connectivity index (χ0n) is 10.6. The standard InChI is InChI=1S/C16H12N2O2/c19-16(17-14-4-2-1-3-5-14)13-8-6-12(7-9-13)15-10-11-20-18-15/h1-11H,(H,17,19). The highest BCUT2D eigenvalue weighted by molar-refractivity contribution is 6.04. The molecule has 4 heteroatoms. The summed E-state index contributed by atoms with van der Waals surface area (Å²) in [5, 5.41) is 6.69. The van der Waals surface area contributed by atoms with Crippen molar-refractivity contribution in [2.75, 3.05) is 5.32 Å². The molecule has 0 atom stereocenters. The van der Waals surface area contributed by atoms with Crippen LogP contribution in [-0.2, 0) is 0 Å². The molecule has 0 spiro atoms. The SMILES string of the molecule is O=C(Nc1ccccc1)c1ccc(-c2ccon2)cc1. The van der Waals surface area contributed by atoms with Crippen LogP contribution >= 0.6 is 0 Å². The molecule has 0 aliphatic heterocycles. The lowest BCUT2D eigenvalue weighted by molar-refractivity contribution is 0.102. The molecule has 0 unspecified atom stereocenters. The van der Waals surface area contributed by atoms with Crippen molar-refractivity contribution in [1.82, 2.24) is 5.16 Å². The monoisotopic (exact) mass is 264 g/mol. The van der Waals surface area contributed by atoms with Crippen molar-refractivity contribution in [3.05, 3.63) is 72.5 Å². The zero-order chi connectivity index (χ0) is 13.8. The first-order valence-electron chi connectivity index (χ1n) is 6.20. The Morgan fingerprint density at radius 2 is 1.70 bits per heavy atom. The van der Waals surface area contributed by atoms with Crippen molar-refractivity contribution >= 4 is 11.6 Å². The first kappa shape index (κ1) is 12.2. The van der Waals surface area contributed by atoms with Gasteiger partial charge in [0.05, 0.1) is 0 Å². The Kier molecular flexibility index (Phi) is 3.29. The molecule has 3 rings (SSSR count). The van der Waals surface area contributed by atoms with E-state index in [2.05, 4.69) is 10.5 Å². The second-order valence-corrected chi connectivity index (χ2v) is 4.28. The number of carbonyl (C=O) groups excluding carboxylic acids is 1. The Morgan fingerprint density at radius 3 is 2.35 bits per heavy atom. The second-order valence-electron chi connectivity index (χ2n) is 4.28. The van der Waals surface area contributed by atoms with E-state index in [-0.39, 0.29) is 5.91 Å². The van der Waals surface area contributed by atoms with E-state index in [9.17, 15) is 4.79 Å². The lowest BCUT2D eigenvalue weighted by atomic mass is 10.1. The number of hydrogen-bond acceptors (Lipinski definition) is 3. The van der Waals surface area contributed by atoms with Gasteiger partial charge in [-0.1, -0.05) is 35.5 Å². The minimum atomic E-state index is -0.136. The van der Waals surface area contributed by atoms with E-state index in [0.29, 0.717) is 5.56 Å². The molecule has 0 saturated carbocycles. The van der Waals surface area contributed by atoms with Gasteiger partial charge in [-0.15, -0.1) is 0 Å². The summed E-state index contributed by atoms with van der Waals surface area (Å²) in [7, 11) is 0. The van der Waals surface area contributed by atoms with E-state index < -0.39 is 0 Å². The number of rotatable bonds is 3. The zero-order valence-corrected chi connectivity index (χ0v) is 10.6. The van der Waals surface area contributed by atoms with E-state index in [1.54, 1.807) is 18.2 Å². The van der Waals surface area contributed by atoms with Gasteiger partial charge in [0.1, 0.15) is 12.0 Å². The first-order valence-corrected chi connectivity index (χ1v) is 6.20. The molecule has 0 bridgehead atoms. The number of anilines is 1. The van der Waals surface area contributed by atoms with E-state index in [4.69, 9.17) is 4.52 Å². The van der Waals surface area contributed by atoms with Crippen molar-refractivity contribution in [1.29, 1.82) is 0 Å². The average Bonchev–Trinajstić information content (AvgIpc) is 3.03. The predicted octanol–water partition coefficient (Wildman–Crippen LogP) is 3.59. The van der Waals surface area contributed by atoms with Crippen molar-refractivity contribution in [3.8, 4) is 11.3 Å². The number of hydrogen-bond donors (Lipinski definition) is 1. The van der Waals surface area contributed by atoms with Crippen molar-refractivity contribution in [3.63, 3.8) is 0 Å². The van der Waals surface area contributed by atoms with Crippen LogP contribution in [0.2, 0.25) is 0 Å². The maximum Gasteiger partial charge on any atom is 0.255 e. The number of nitrogens with one attached hydrogen (secondary N) is 1. The lowest BCUT2D eigenvalue weighted by Crippen LogP contribution is -2.11. The molecule has 0 saturated heterocycles. The average molecular weight is 264 g/mol. The van der Waals surface area contributed by atoms with Gasteiger partial charge in [0.2, 0.25) is 0 Å². The van der Waals surface area contributed by atoms with Gasteiger partial charge < -0.3 is 9.84 Å². The van der Waals surface area contributed by atoms with E-state index in [1.807, 2.05) is 42.5 Å². The van der Waals surface area contributed by atoms with Crippen molar-refractivity contribution < 1.29 is 9.32 Å². The molecule has 4 nitrogen and oxygen atoms in total. The Bertz CT molecular complexity index is 689. The summed E-state index contributed by atoms with van der Waals surface area (Å²) in [6.45, 7) is 0. The summed E-state index contributed by atoms with van der Waals surface area (Å²) in [4.78, 5) is 12.1. The minimum Gasteiger partial charge on any atom is -0.364 e. The predicted molar refractivity (Wildman–Crippen MR) is 76.3 cm³/mol. The Morgan fingerprint density at radius 1 is 0.950 bits per heavy atom. The molecule has 1 N–H and O–H groups in total. The van der Waals surface area contributed by atoms with Crippen LogP contribution in [0.3, 0.4) is 0 Å². The molecule has 98 valence electrons.